The van der Waals surface area contributed by atoms with Crippen LogP contribution in [0.25, 0.3) is 5.57 Å². The standard InChI is InChI=1S/C16H21NO4S/c1-3-4-9-21-16(19)17-7-5-12(6-8-17)13-10-22-11-14(13)15(18)20-2/h5,10-11H,3-4,6-9H2,1-2H3. The summed E-state index contributed by atoms with van der Waals surface area (Å²) in [6, 6.07) is 0. The van der Waals surface area contributed by atoms with Gasteiger partial charge >= 0.3 is 12.1 Å². The summed E-state index contributed by atoms with van der Waals surface area (Å²) < 4.78 is 10.0. The molecule has 1 aliphatic heterocycles. The topological polar surface area (TPSA) is 55.8 Å². The highest BCUT2D eigenvalue weighted by atomic mass is 32.1. The first-order valence-electron chi connectivity index (χ1n) is 7.43. The zero-order chi connectivity index (χ0) is 15.9. The van der Waals surface area contributed by atoms with Crippen LogP contribution in [-0.2, 0) is 9.47 Å². The highest BCUT2D eigenvalue weighted by molar-refractivity contribution is 7.08. The molecule has 0 radical (unpaired) electrons. The largest absolute Gasteiger partial charge is 0.465 e. The molecule has 0 bridgehead atoms. The Hall–Kier alpha value is -1.82. The van der Waals surface area contributed by atoms with Crippen LogP contribution in [0.1, 0.15) is 42.1 Å². The average molecular weight is 323 g/mol. The van der Waals surface area contributed by atoms with Crippen molar-refractivity contribution in [2.75, 3.05) is 26.8 Å². The number of hydrogen-bond acceptors (Lipinski definition) is 5. The number of thiophene rings is 1. The normalized spacial score (nSPS) is 14.5. The predicted octanol–water partition coefficient (Wildman–Crippen LogP) is 3.56. The van der Waals surface area contributed by atoms with E-state index < -0.39 is 0 Å². The van der Waals surface area contributed by atoms with Crippen LogP contribution in [-0.4, -0.2) is 43.8 Å². The van der Waals surface area contributed by atoms with E-state index in [1.807, 2.05) is 11.5 Å². The van der Waals surface area contributed by atoms with Gasteiger partial charge in [0.05, 0.1) is 19.3 Å². The summed E-state index contributed by atoms with van der Waals surface area (Å²) in [6.45, 7) is 3.65. The molecule has 0 saturated heterocycles. The molecule has 22 heavy (non-hydrogen) atoms. The maximum Gasteiger partial charge on any atom is 0.410 e. The Morgan fingerprint density at radius 3 is 2.82 bits per heavy atom. The Morgan fingerprint density at radius 2 is 2.18 bits per heavy atom. The number of carbonyl (C=O) groups excluding carboxylic acids is 2. The molecule has 0 unspecified atom stereocenters. The number of ether oxygens (including phenoxy) is 2. The highest BCUT2D eigenvalue weighted by Gasteiger charge is 2.22. The van der Waals surface area contributed by atoms with Crippen molar-refractivity contribution >= 4 is 29.0 Å². The molecule has 0 saturated carbocycles. The van der Waals surface area contributed by atoms with E-state index in [0.717, 1.165) is 24.0 Å². The van der Waals surface area contributed by atoms with Gasteiger partial charge in [-0.2, -0.15) is 11.3 Å². The Bertz CT molecular complexity index is 564. The lowest BCUT2D eigenvalue weighted by Gasteiger charge is -2.26. The van der Waals surface area contributed by atoms with Gasteiger partial charge in [-0.3, -0.25) is 0 Å². The highest BCUT2D eigenvalue weighted by Crippen LogP contribution is 2.29. The third-order valence-corrected chi connectivity index (χ3v) is 4.35. The number of hydrogen-bond donors (Lipinski definition) is 0. The van der Waals surface area contributed by atoms with Gasteiger partial charge in [0.15, 0.2) is 0 Å². The molecule has 1 aliphatic rings. The Morgan fingerprint density at radius 1 is 1.36 bits per heavy atom. The van der Waals surface area contributed by atoms with Crippen LogP contribution >= 0.6 is 11.3 Å². The van der Waals surface area contributed by atoms with Gasteiger partial charge < -0.3 is 14.4 Å². The first-order valence-corrected chi connectivity index (χ1v) is 8.37. The zero-order valence-corrected chi connectivity index (χ0v) is 13.8. The van der Waals surface area contributed by atoms with E-state index in [2.05, 4.69) is 6.92 Å². The molecule has 2 rings (SSSR count). The maximum atomic E-state index is 11.9. The first-order chi connectivity index (χ1) is 10.7. The van der Waals surface area contributed by atoms with E-state index in [-0.39, 0.29) is 12.1 Å². The van der Waals surface area contributed by atoms with Gasteiger partial charge in [0.25, 0.3) is 0 Å². The number of amides is 1. The molecule has 0 N–H and O–H groups in total. The van der Waals surface area contributed by atoms with Gasteiger partial charge in [-0.05, 0) is 23.8 Å². The summed E-state index contributed by atoms with van der Waals surface area (Å²) >= 11 is 1.48. The number of unbranched alkanes of at least 4 members (excludes halogenated alkanes) is 1. The monoisotopic (exact) mass is 323 g/mol. The number of carbonyl (C=O) groups is 2. The second-order valence-electron chi connectivity index (χ2n) is 5.08. The van der Waals surface area contributed by atoms with Crippen molar-refractivity contribution < 1.29 is 19.1 Å². The minimum absolute atomic E-state index is 0.262. The summed E-state index contributed by atoms with van der Waals surface area (Å²) in [4.78, 5) is 25.3. The lowest BCUT2D eigenvalue weighted by atomic mass is 9.99. The second kappa shape index (κ2) is 7.98. The van der Waals surface area contributed by atoms with Gasteiger partial charge in [0, 0.05) is 24.0 Å². The molecule has 120 valence electrons. The predicted molar refractivity (Wildman–Crippen MR) is 86.1 cm³/mol. The lowest BCUT2D eigenvalue weighted by Crippen LogP contribution is -2.35. The molecule has 0 atom stereocenters. The van der Waals surface area contributed by atoms with E-state index in [9.17, 15) is 9.59 Å². The van der Waals surface area contributed by atoms with Crippen LogP contribution in [0, 0.1) is 0 Å². The first kappa shape index (κ1) is 16.5. The molecular formula is C16H21NO4S. The van der Waals surface area contributed by atoms with Gasteiger partial charge in [-0.15, -0.1) is 0 Å². The fourth-order valence-electron chi connectivity index (χ4n) is 2.29. The second-order valence-corrected chi connectivity index (χ2v) is 5.83. The van der Waals surface area contributed by atoms with Crippen molar-refractivity contribution in [3.8, 4) is 0 Å². The Balaban J connectivity index is 1.98. The van der Waals surface area contributed by atoms with Crippen LogP contribution in [0.3, 0.4) is 0 Å². The van der Waals surface area contributed by atoms with Crippen LogP contribution in [0.15, 0.2) is 16.8 Å². The molecule has 2 heterocycles. The van der Waals surface area contributed by atoms with Crippen LogP contribution in [0.4, 0.5) is 4.79 Å². The van der Waals surface area contributed by atoms with Crippen molar-refractivity contribution in [1.29, 1.82) is 0 Å². The van der Waals surface area contributed by atoms with Crippen LogP contribution in [0.2, 0.25) is 0 Å². The van der Waals surface area contributed by atoms with Gasteiger partial charge in [0.2, 0.25) is 0 Å². The Labute approximate surface area is 134 Å². The maximum absolute atomic E-state index is 11.9. The fraction of sp³-hybridized carbons (Fsp3) is 0.500. The molecule has 0 aliphatic carbocycles. The van der Waals surface area contributed by atoms with E-state index in [1.54, 1.807) is 10.3 Å². The number of methoxy groups -OCH3 is 1. The van der Waals surface area contributed by atoms with E-state index >= 15 is 0 Å². The van der Waals surface area contributed by atoms with Crippen molar-refractivity contribution in [3.63, 3.8) is 0 Å². The van der Waals surface area contributed by atoms with Gasteiger partial charge in [-0.25, -0.2) is 9.59 Å². The quantitative estimate of drug-likeness (QED) is 0.614. The number of rotatable bonds is 5. The summed E-state index contributed by atoms with van der Waals surface area (Å²) in [5, 5.41) is 3.75. The molecule has 0 aromatic carbocycles. The van der Waals surface area contributed by atoms with Crippen molar-refractivity contribution in [1.82, 2.24) is 4.90 Å². The SMILES string of the molecule is CCCCOC(=O)N1CC=C(c2cscc2C(=O)OC)CC1. The number of nitrogens with zero attached hydrogens (tertiary/aromatic N) is 1. The van der Waals surface area contributed by atoms with Crippen molar-refractivity contribution in [3.05, 3.63) is 28.0 Å². The summed E-state index contributed by atoms with van der Waals surface area (Å²) in [5.74, 6) is -0.321. The van der Waals surface area contributed by atoms with E-state index in [1.165, 1.54) is 18.4 Å². The van der Waals surface area contributed by atoms with Crippen LogP contribution in [0.5, 0.6) is 0 Å². The number of esters is 1. The molecule has 0 fully saturated rings. The molecule has 5 nitrogen and oxygen atoms in total. The average Bonchev–Trinajstić information content (AvgIpc) is 3.04. The smallest absolute Gasteiger partial charge is 0.410 e. The van der Waals surface area contributed by atoms with Gasteiger partial charge in [0.1, 0.15) is 0 Å². The zero-order valence-electron chi connectivity index (χ0n) is 13.0. The molecule has 0 spiro atoms. The third kappa shape index (κ3) is 3.88. The molecule has 1 aromatic rings. The molecule has 1 amide bonds. The van der Waals surface area contributed by atoms with Gasteiger partial charge in [-0.1, -0.05) is 19.4 Å². The summed E-state index contributed by atoms with van der Waals surface area (Å²) in [7, 11) is 1.38. The van der Waals surface area contributed by atoms with Crippen molar-refractivity contribution in [2.45, 2.75) is 26.2 Å². The summed E-state index contributed by atoms with van der Waals surface area (Å²) in [5.41, 5.74) is 2.59. The Kier molecular flexibility index (Phi) is 6.00. The van der Waals surface area contributed by atoms with Crippen LogP contribution < -0.4 is 0 Å². The van der Waals surface area contributed by atoms with Crippen molar-refractivity contribution in [2.24, 2.45) is 0 Å². The fourth-order valence-corrected chi connectivity index (χ4v) is 3.13. The lowest BCUT2D eigenvalue weighted by molar-refractivity contribution is 0.0600. The van der Waals surface area contributed by atoms with E-state index in [4.69, 9.17) is 9.47 Å². The summed E-state index contributed by atoms with van der Waals surface area (Å²) in [6.07, 6.45) is 4.33. The minimum Gasteiger partial charge on any atom is -0.465 e. The molecule has 1 aromatic heterocycles. The molecule has 6 heteroatoms. The third-order valence-electron chi connectivity index (χ3n) is 3.60. The molecular weight excluding hydrogens is 302 g/mol. The minimum atomic E-state index is -0.321. The van der Waals surface area contributed by atoms with E-state index in [0.29, 0.717) is 31.7 Å².